The van der Waals surface area contributed by atoms with Crippen molar-refractivity contribution in [3.63, 3.8) is 0 Å². The fraction of sp³-hybridized carbons (Fsp3) is 0.611. The highest BCUT2D eigenvalue weighted by Crippen LogP contribution is 2.29. The highest BCUT2D eigenvalue weighted by Gasteiger charge is 2.33. The van der Waals surface area contributed by atoms with Crippen LogP contribution in [0.1, 0.15) is 56.1 Å². The van der Waals surface area contributed by atoms with E-state index in [-0.39, 0.29) is 28.6 Å². The lowest BCUT2D eigenvalue weighted by atomic mass is 10.0. The monoisotopic (exact) mass is 407 g/mol. The number of amides is 1. The van der Waals surface area contributed by atoms with Gasteiger partial charge in [-0.05, 0) is 38.2 Å². The van der Waals surface area contributed by atoms with Crippen molar-refractivity contribution in [2.45, 2.75) is 56.4 Å². The second kappa shape index (κ2) is 7.67. The molecule has 28 heavy (non-hydrogen) atoms. The minimum Gasteiger partial charge on any atom is -0.411 e. The second-order valence-corrected chi connectivity index (χ2v) is 9.22. The summed E-state index contributed by atoms with van der Waals surface area (Å²) in [4.78, 5) is 17.1. The standard InChI is InChI=1S/C18H25N5O4S/c1-2-13-7-3-4-10-23(13)28(25,26)14-11-15(19-12-14)16-20-21-17(27-16)18(24)22-8-5-6-9-22/h11-13,19H,2-10H2,1H3. The van der Waals surface area contributed by atoms with E-state index >= 15 is 0 Å². The van der Waals surface area contributed by atoms with E-state index in [4.69, 9.17) is 4.42 Å². The molecule has 0 radical (unpaired) electrons. The van der Waals surface area contributed by atoms with Crippen molar-refractivity contribution in [2.75, 3.05) is 19.6 Å². The number of H-pyrrole nitrogens is 1. The lowest BCUT2D eigenvalue weighted by molar-refractivity contribution is 0.0754. The molecule has 0 aromatic carbocycles. The lowest BCUT2D eigenvalue weighted by Crippen LogP contribution is -2.43. The Kier molecular flexibility index (Phi) is 5.24. The van der Waals surface area contributed by atoms with E-state index in [9.17, 15) is 13.2 Å². The Labute approximate surface area is 164 Å². The Morgan fingerprint density at radius 3 is 2.71 bits per heavy atom. The fourth-order valence-electron chi connectivity index (χ4n) is 3.95. The van der Waals surface area contributed by atoms with Gasteiger partial charge in [-0.2, -0.15) is 4.31 Å². The number of carbonyl (C=O) groups excluding carboxylic acids is 1. The van der Waals surface area contributed by atoms with Crippen molar-refractivity contribution in [1.29, 1.82) is 0 Å². The minimum absolute atomic E-state index is 0.0326. The predicted molar refractivity (Wildman–Crippen MR) is 101 cm³/mol. The molecule has 0 bridgehead atoms. The molecule has 4 heterocycles. The first-order valence-electron chi connectivity index (χ1n) is 9.84. The van der Waals surface area contributed by atoms with Crippen LogP contribution < -0.4 is 0 Å². The third kappa shape index (κ3) is 3.46. The highest BCUT2D eigenvalue weighted by atomic mass is 32.2. The number of aromatic amines is 1. The Morgan fingerprint density at radius 2 is 1.96 bits per heavy atom. The van der Waals surface area contributed by atoms with E-state index in [1.807, 2.05) is 6.92 Å². The van der Waals surface area contributed by atoms with Crippen molar-refractivity contribution >= 4 is 15.9 Å². The van der Waals surface area contributed by atoms with Gasteiger partial charge >= 0.3 is 11.8 Å². The number of hydrogen-bond donors (Lipinski definition) is 1. The molecule has 2 fully saturated rings. The van der Waals surface area contributed by atoms with Crippen molar-refractivity contribution in [1.82, 2.24) is 24.4 Å². The number of rotatable bonds is 5. The molecule has 152 valence electrons. The molecule has 4 rings (SSSR count). The summed E-state index contributed by atoms with van der Waals surface area (Å²) in [5.74, 6) is -0.248. The minimum atomic E-state index is -3.60. The van der Waals surface area contributed by atoms with Crippen LogP contribution >= 0.6 is 0 Å². The van der Waals surface area contributed by atoms with Crippen molar-refractivity contribution < 1.29 is 17.6 Å². The van der Waals surface area contributed by atoms with E-state index in [2.05, 4.69) is 15.2 Å². The molecule has 2 aliphatic rings. The van der Waals surface area contributed by atoms with Gasteiger partial charge in [-0.15, -0.1) is 10.2 Å². The summed E-state index contributed by atoms with van der Waals surface area (Å²) >= 11 is 0. The van der Waals surface area contributed by atoms with E-state index < -0.39 is 10.0 Å². The average Bonchev–Trinajstić information content (AvgIpc) is 3.48. The van der Waals surface area contributed by atoms with E-state index in [0.717, 1.165) is 38.5 Å². The van der Waals surface area contributed by atoms with Gasteiger partial charge in [0.25, 0.3) is 5.89 Å². The zero-order chi connectivity index (χ0) is 19.7. The normalized spacial score (nSPS) is 21.3. The summed E-state index contributed by atoms with van der Waals surface area (Å²) in [5.41, 5.74) is 0.386. The van der Waals surface area contributed by atoms with E-state index in [0.29, 0.717) is 25.3 Å². The molecule has 1 amide bonds. The third-order valence-corrected chi connectivity index (χ3v) is 7.47. The van der Waals surface area contributed by atoms with Crippen LogP contribution in [-0.2, 0) is 10.0 Å². The van der Waals surface area contributed by atoms with Crippen LogP contribution in [0.2, 0.25) is 0 Å². The third-order valence-electron chi connectivity index (χ3n) is 5.54. The molecule has 10 heteroatoms. The Balaban J connectivity index is 1.55. The number of likely N-dealkylation sites (tertiary alicyclic amines) is 1. The SMILES string of the molecule is CCC1CCCCN1S(=O)(=O)c1c[nH]c(-c2nnc(C(=O)N3CCCC3)o2)c1. The molecule has 0 spiro atoms. The summed E-state index contributed by atoms with van der Waals surface area (Å²) in [5, 5.41) is 7.75. The first-order valence-corrected chi connectivity index (χ1v) is 11.3. The summed E-state index contributed by atoms with van der Waals surface area (Å²) in [6, 6.07) is 1.53. The van der Waals surface area contributed by atoms with Gasteiger partial charge < -0.3 is 14.3 Å². The number of nitrogens with one attached hydrogen (secondary N) is 1. The molecule has 1 N–H and O–H groups in total. The first-order chi connectivity index (χ1) is 13.5. The largest absolute Gasteiger partial charge is 0.411 e. The van der Waals surface area contributed by atoms with Crippen LogP contribution in [0, 0.1) is 0 Å². The van der Waals surface area contributed by atoms with Crippen molar-refractivity contribution in [3.05, 3.63) is 18.2 Å². The number of piperidine rings is 1. The Morgan fingerprint density at radius 1 is 1.21 bits per heavy atom. The first kappa shape index (κ1) is 19.1. The summed E-state index contributed by atoms with van der Waals surface area (Å²) in [6.45, 7) is 3.93. The second-order valence-electron chi connectivity index (χ2n) is 7.33. The number of sulfonamides is 1. The molecular formula is C18H25N5O4S. The van der Waals surface area contributed by atoms with E-state index in [1.54, 1.807) is 9.21 Å². The van der Waals surface area contributed by atoms with Gasteiger partial charge in [-0.1, -0.05) is 13.3 Å². The maximum absolute atomic E-state index is 13.1. The summed E-state index contributed by atoms with van der Waals surface area (Å²) in [7, 11) is -3.60. The molecular weight excluding hydrogens is 382 g/mol. The van der Waals surface area contributed by atoms with Gasteiger partial charge in [0, 0.05) is 31.9 Å². The maximum atomic E-state index is 13.1. The van der Waals surface area contributed by atoms with Crippen LogP contribution in [0.3, 0.4) is 0 Å². The van der Waals surface area contributed by atoms with Crippen molar-refractivity contribution in [2.24, 2.45) is 0 Å². The zero-order valence-corrected chi connectivity index (χ0v) is 16.7. The highest BCUT2D eigenvalue weighted by molar-refractivity contribution is 7.89. The van der Waals surface area contributed by atoms with Gasteiger partial charge in [-0.3, -0.25) is 4.79 Å². The molecule has 2 aromatic rings. The lowest BCUT2D eigenvalue weighted by Gasteiger charge is -2.33. The molecule has 1 atom stereocenters. The van der Waals surface area contributed by atoms with Gasteiger partial charge in [0.2, 0.25) is 10.0 Å². The van der Waals surface area contributed by atoms with Crippen LogP contribution in [0.5, 0.6) is 0 Å². The molecule has 0 aliphatic carbocycles. The summed E-state index contributed by atoms with van der Waals surface area (Å²) < 4.78 is 33.2. The van der Waals surface area contributed by atoms with Crippen LogP contribution in [-0.4, -0.2) is 64.4 Å². The van der Waals surface area contributed by atoms with Crippen LogP contribution in [0.25, 0.3) is 11.6 Å². The molecule has 2 aromatic heterocycles. The molecule has 2 aliphatic heterocycles. The molecule has 1 unspecified atom stereocenters. The summed E-state index contributed by atoms with van der Waals surface area (Å²) in [6.07, 6.45) is 7.00. The Hall–Kier alpha value is -2.20. The van der Waals surface area contributed by atoms with Gasteiger partial charge in [0.1, 0.15) is 10.6 Å². The number of hydrogen-bond acceptors (Lipinski definition) is 6. The predicted octanol–water partition coefficient (Wildman–Crippen LogP) is 2.25. The van der Waals surface area contributed by atoms with Gasteiger partial charge in [-0.25, -0.2) is 8.42 Å². The number of aromatic nitrogens is 3. The topological polar surface area (TPSA) is 112 Å². The molecule has 0 saturated carbocycles. The van der Waals surface area contributed by atoms with Gasteiger partial charge in [0.15, 0.2) is 0 Å². The van der Waals surface area contributed by atoms with Crippen LogP contribution in [0.4, 0.5) is 0 Å². The van der Waals surface area contributed by atoms with Gasteiger partial charge in [0.05, 0.1) is 0 Å². The Bertz CT molecular complexity index is 945. The van der Waals surface area contributed by atoms with Crippen LogP contribution in [0.15, 0.2) is 21.6 Å². The zero-order valence-electron chi connectivity index (χ0n) is 15.9. The molecule has 2 saturated heterocycles. The van der Waals surface area contributed by atoms with Crippen molar-refractivity contribution in [3.8, 4) is 11.6 Å². The van der Waals surface area contributed by atoms with E-state index in [1.165, 1.54) is 12.3 Å². The smallest absolute Gasteiger partial charge is 0.311 e. The quantitative estimate of drug-likeness (QED) is 0.813. The average molecular weight is 407 g/mol. The number of carbonyl (C=O) groups is 1. The molecule has 9 nitrogen and oxygen atoms in total. The maximum Gasteiger partial charge on any atom is 0.311 e. The number of nitrogens with zero attached hydrogens (tertiary/aromatic N) is 4. The fourth-order valence-corrected chi connectivity index (χ4v) is 5.72.